The van der Waals surface area contributed by atoms with E-state index >= 15 is 0 Å². The van der Waals surface area contributed by atoms with E-state index in [9.17, 15) is 19.4 Å². The second kappa shape index (κ2) is 7.47. The van der Waals surface area contributed by atoms with Crippen molar-refractivity contribution in [2.45, 2.75) is 38.6 Å². The van der Waals surface area contributed by atoms with E-state index in [4.69, 9.17) is 15.2 Å². The van der Waals surface area contributed by atoms with Gasteiger partial charge in [-0.3, -0.25) is 0 Å². The average molecular weight is 330 g/mol. The summed E-state index contributed by atoms with van der Waals surface area (Å²) in [5.41, 5.74) is 4.75. The molecule has 1 aromatic carbocycles. The molecule has 130 valence electrons. The summed E-state index contributed by atoms with van der Waals surface area (Å²) in [6.07, 6.45) is -3.76. The van der Waals surface area contributed by atoms with Crippen LogP contribution >= 0.6 is 0 Å². The van der Waals surface area contributed by atoms with Gasteiger partial charge in [0.25, 0.3) is 0 Å². The van der Waals surface area contributed by atoms with Gasteiger partial charge in [-0.1, -0.05) is 0 Å². The summed E-state index contributed by atoms with van der Waals surface area (Å²) in [5, 5.41) is 22.3. The molecule has 0 aliphatic carbocycles. The van der Waals surface area contributed by atoms with E-state index < -0.39 is 29.7 Å². The second-order valence-electron chi connectivity index (χ2n) is 6.01. The Morgan fingerprint density at radius 2 is 2.00 bits per heavy atom. The maximum absolute atomic E-state index is 13.9. The van der Waals surface area contributed by atoms with Crippen LogP contribution in [0.25, 0.3) is 0 Å². The number of nitrogen functional groups attached to an aromatic ring is 1. The van der Waals surface area contributed by atoms with Crippen molar-refractivity contribution >= 4 is 11.8 Å². The standard InChI is InChI=1S/C15H23FN2O5/c1-15(2,3)23-14(21)18-7-11(19)13(20)8-5-12(22-4)10(17)6-9(8)16/h5-6,11,13,19-20H,7,17H2,1-4H3,(H,18,21). The van der Waals surface area contributed by atoms with Gasteiger partial charge in [-0.2, -0.15) is 0 Å². The van der Waals surface area contributed by atoms with Crippen molar-refractivity contribution < 1.29 is 28.9 Å². The molecule has 2 atom stereocenters. The SMILES string of the molecule is COc1cc(C(O)C(O)CNC(=O)OC(C)(C)C)c(F)cc1N. The molecule has 0 aliphatic rings. The number of carbonyl (C=O) groups is 1. The van der Waals surface area contributed by atoms with Crippen molar-refractivity contribution in [3.8, 4) is 5.75 Å². The van der Waals surface area contributed by atoms with Crippen molar-refractivity contribution in [3.05, 3.63) is 23.5 Å². The first-order valence-corrected chi connectivity index (χ1v) is 7.01. The normalized spacial score (nSPS) is 14.0. The quantitative estimate of drug-likeness (QED) is 0.606. The summed E-state index contributed by atoms with van der Waals surface area (Å²) in [7, 11) is 1.35. The predicted octanol–water partition coefficient (Wildman–Crippen LogP) is 1.34. The van der Waals surface area contributed by atoms with Crippen molar-refractivity contribution in [2.75, 3.05) is 19.4 Å². The number of aliphatic hydroxyl groups excluding tert-OH is 2. The monoisotopic (exact) mass is 330 g/mol. The lowest BCUT2D eigenvalue weighted by Crippen LogP contribution is -2.39. The first-order valence-electron chi connectivity index (χ1n) is 7.01. The van der Waals surface area contributed by atoms with Crippen LogP contribution < -0.4 is 15.8 Å². The molecule has 0 spiro atoms. The zero-order valence-electron chi connectivity index (χ0n) is 13.6. The van der Waals surface area contributed by atoms with Crippen molar-refractivity contribution in [1.29, 1.82) is 0 Å². The Bertz CT molecular complexity index is 560. The van der Waals surface area contributed by atoms with Gasteiger partial charge in [-0.25, -0.2) is 9.18 Å². The van der Waals surface area contributed by atoms with E-state index in [1.807, 2.05) is 0 Å². The van der Waals surface area contributed by atoms with Crippen LogP contribution in [0.15, 0.2) is 12.1 Å². The highest BCUT2D eigenvalue weighted by molar-refractivity contribution is 5.67. The van der Waals surface area contributed by atoms with Crippen LogP contribution in [0.2, 0.25) is 0 Å². The number of hydrogen-bond donors (Lipinski definition) is 4. The van der Waals surface area contributed by atoms with Crippen LogP contribution in [0.5, 0.6) is 5.75 Å². The lowest BCUT2D eigenvalue weighted by atomic mass is 10.0. The Morgan fingerprint density at radius 3 is 2.52 bits per heavy atom. The molecule has 8 heteroatoms. The van der Waals surface area contributed by atoms with Gasteiger partial charge in [0.15, 0.2) is 0 Å². The van der Waals surface area contributed by atoms with Crippen molar-refractivity contribution in [1.82, 2.24) is 5.32 Å². The molecule has 1 rings (SSSR count). The number of benzene rings is 1. The summed E-state index contributed by atoms with van der Waals surface area (Å²) >= 11 is 0. The maximum atomic E-state index is 13.9. The van der Waals surface area contributed by atoms with Crippen LogP contribution in [0.3, 0.4) is 0 Å². The van der Waals surface area contributed by atoms with Gasteiger partial charge >= 0.3 is 6.09 Å². The fourth-order valence-electron chi connectivity index (χ4n) is 1.81. The van der Waals surface area contributed by atoms with E-state index in [0.29, 0.717) is 0 Å². The minimum Gasteiger partial charge on any atom is -0.495 e. The third-order valence-corrected chi connectivity index (χ3v) is 2.89. The Hall–Kier alpha value is -2.06. The van der Waals surface area contributed by atoms with Gasteiger partial charge in [-0.05, 0) is 26.8 Å². The lowest BCUT2D eigenvalue weighted by molar-refractivity contribution is 0.0112. The highest BCUT2D eigenvalue weighted by Crippen LogP contribution is 2.29. The Kier molecular flexibility index (Phi) is 6.17. The third-order valence-electron chi connectivity index (χ3n) is 2.89. The first kappa shape index (κ1) is 19.0. The van der Waals surface area contributed by atoms with Gasteiger partial charge in [0.2, 0.25) is 0 Å². The molecule has 0 saturated heterocycles. The fourth-order valence-corrected chi connectivity index (χ4v) is 1.81. The third kappa shape index (κ3) is 5.57. The van der Waals surface area contributed by atoms with E-state index in [1.54, 1.807) is 20.8 Å². The smallest absolute Gasteiger partial charge is 0.407 e. The summed E-state index contributed by atoms with van der Waals surface area (Å²) in [5.74, 6) is -0.611. The zero-order valence-corrected chi connectivity index (χ0v) is 13.6. The number of halogens is 1. The molecule has 1 amide bonds. The molecule has 0 aliphatic heterocycles. The number of nitrogens with one attached hydrogen (secondary N) is 1. The highest BCUT2D eigenvalue weighted by atomic mass is 19.1. The molecule has 0 saturated carbocycles. The largest absolute Gasteiger partial charge is 0.495 e. The van der Waals surface area contributed by atoms with Gasteiger partial charge in [-0.15, -0.1) is 0 Å². The number of alkyl carbamates (subject to hydrolysis) is 1. The molecule has 0 aromatic heterocycles. The summed E-state index contributed by atoms with van der Waals surface area (Å²) < 4.78 is 23.8. The van der Waals surface area contributed by atoms with Gasteiger partial charge in [0.05, 0.1) is 12.8 Å². The summed E-state index contributed by atoms with van der Waals surface area (Å²) in [6.45, 7) is 4.75. The second-order valence-corrected chi connectivity index (χ2v) is 6.01. The lowest BCUT2D eigenvalue weighted by Gasteiger charge is -2.22. The zero-order chi connectivity index (χ0) is 17.8. The number of methoxy groups -OCH3 is 1. The van der Waals surface area contributed by atoms with Gasteiger partial charge in [0.1, 0.15) is 29.4 Å². The first-order chi connectivity index (χ1) is 10.5. The van der Waals surface area contributed by atoms with Crippen LogP contribution in [0.1, 0.15) is 32.4 Å². The number of aliphatic hydroxyl groups is 2. The Morgan fingerprint density at radius 1 is 1.39 bits per heavy atom. The number of rotatable bonds is 5. The van der Waals surface area contributed by atoms with Crippen molar-refractivity contribution in [2.24, 2.45) is 0 Å². The average Bonchev–Trinajstić information content (AvgIpc) is 2.42. The predicted molar refractivity (Wildman–Crippen MR) is 82.6 cm³/mol. The maximum Gasteiger partial charge on any atom is 0.407 e. The molecule has 0 heterocycles. The molecular formula is C15H23FN2O5. The van der Waals surface area contributed by atoms with Crippen LogP contribution in [-0.4, -0.2) is 41.7 Å². The van der Waals surface area contributed by atoms with Crippen molar-refractivity contribution in [3.63, 3.8) is 0 Å². The Balaban J connectivity index is 2.74. The molecule has 23 heavy (non-hydrogen) atoms. The molecule has 7 nitrogen and oxygen atoms in total. The highest BCUT2D eigenvalue weighted by Gasteiger charge is 2.24. The summed E-state index contributed by atoms with van der Waals surface area (Å²) in [4.78, 5) is 11.5. The van der Waals surface area contributed by atoms with Gasteiger partial charge in [0, 0.05) is 18.2 Å². The van der Waals surface area contributed by atoms with Gasteiger partial charge < -0.3 is 30.7 Å². The molecule has 5 N–H and O–H groups in total. The molecule has 1 aromatic rings. The number of amides is 1. The van der Waals surface area contributed by atoms with E-state index in [2.05, 4.69) is 5.32 Å². The van der Waals surface area contributed by atoms with E-state index in [-0.39, 0.29) is 23.5 Å². The topological polar surface area (TPSA) is 114 Å². The van der Waals surface area contributed by atoms with Crippen LogP contribution in [0, 0.1) is 5.82 Å². The fraction of sp³-hybridized carbons (Fsp3) is 0.533. The summed E-state index contributed by atoms with van der Waals surface area (Å²) in [6, 6.07) is 2.19. The minimum absolute atomic E-state index is 0.0716. The molecule has 0 radical (unpaired) electrons. The molecule has 0 fully saturated rings. The minimum atomic E-state index is -1.57. The number of hydrogen-bond acceptors (Lipinski definition) is 6. The molecule has 2 unspecified atom stereocenters. The number of nitrogens with two attached hydrogens (primary N) is 1. The number of anilines is 1. The molecular weight excluding hydrogens is 307 g/mol. The van der Waals surface area contributed by atoms with E-state index in [0.717, 1.165) is 6.07 Å². The number of carbonyl (C=O) groups excluding carboxylic acids is 1. The Labute approximate surface area is 134 Å². The van der Waals surface area contributed by atoms with Crippen LogP contribution in [-0.2, 0) is 4.74 Å². The molecule has 0 bridgehead atoms. The number of ether oxygens (including phenoxy) is 2. The van der Waals surface area contributed by atoms with Crippen LogP contribution in [0.4, 0.5) is 14.9 Å². The van der Waals surface area contributed by atoms with E-state index in [1.165, 1.54) is 13.2 Å².